The lowest BCUT2D eigenvalue weighted by atomic mass is 10.2. The van der Waals surface area contributed by atoms with E-state index >= 15 is 0 Å². The van der Waals surface area contributed by atoms with Crippen LogP contribution in [0, 0.1) is 0 Å². The van der Waals surface area contributed by atoms with Gasteiger partial charge in [-0.15, -0.1) is 0 Å². The number of amides is 1. The van der Waals surface area contributed by atoms with Crippen molar-refractivity contribution in [3.63, 3.8) is 0 Å². The van der Waals surface area contributed by atoms with Gasteiger partial charge in [0.05, 0.1) is 36.8 Å². The van der Waals surface area contributed by atoms with Crippen molar-refractivity contribution < 1.29 is 14.3 Å². The van der Waals surface area contributed by atoms with E-state index in [1.54, 1.807) is 49.6 Å². The predicted molar refractivity (Wildman–Crippen MR) is 107 cm³/mol. The van der Waals surface area contributed by atoms with Gasteiger partial charge in [-0.05, 0) is 36.4 Å². The molecule has 0 saturated heterocycles. The van der Waals surface area contributed by atoms with Crippen LogP contribution in [0.2, 0.25) is 10.0 Å². The lowest BCUT2D eigenvalue weighted by Gasteiger charge is -2.12. The quantitative estimate of drug-likeness (QED) is 0.679. The van der Waals surface area contributed by atoms with Gasteiger partial charge < -0.3 is 14.8 Å². The van der Waals surface area contributed by atoms with E-state index in [4.69, 9.17) is 32.7 Å². The van der Waals surface area contributed by atoms with Gasteiger partial charge in [0.15, 0.2) is 0 Å². The highest BCUT2D eigenvalue weighted by Crippen LogP contribution is 2.29. The molecule has 1 amide bonds. The highest BCUT2D eigenvalue weighted by Gasteiger charge is 2.13. The molecule has 0 unspecified atom stereocenters. The summed E-state index contributed by atoms with van der Waals surface area (Å²) in [4.78, 5) is 24.7. The first kappa shape index (κ1) is 19.7. The molecule has 0 aliphatic rings. The van der Waals surface area contributed by atoms with Gasteiger partial charge in [0.1, 0.15) is 16.5 Å². The van der Waals surface area contributed by atoms with Crippen molar-refractivity contribution in [1.29, 1.82) is 0 Å². The Morgan fingerprint density at radius 3 is 2.43 bits per heavy atom. The number of nitrogens with one attached hydrogen (secondary N) is 1. The molecule has 144 valence electrons. The summed E-state index contributed by atoms with van der Waals surface area (Å²) in [6, 6.07) is 11.4. The molecule has 1 aromatic heterocycles. The molecule has 2 aromatic carbocycles. The fourth-order valence-electron chi connectivity index (χ4n) is 2.45. The summed E-state index contributed by atoms with van der Waals surface area (Å²) in [5.74, 6) is 0.735. The maximum Gasteiger partial charge on any atom is 0.291 e. The van der Waals surface area contributed by atoms with E-state index in [9.17, 15) is 9.59 Å². The standard InChI is InChI=1S/C19H15Cl2N3O4/c1-27-13-7-8-15(16(9-13)28-2)23-18(25)11-3-5-12(6-4-11)24-19(26)17(21)14(20)10-22-24/h3-10H,1-2H3,(H,23,25). The molecular weight excluding hydrogens is 405 g/mol. The number of hydrogen-bond acceptors (Lipinski definition) is 5. The smallest absolute Gasteiger partial charge is 0.291 e. The second-order valence-electron chi connectivity index (χ2n) is 5.59. The average Bonchev–Trinajstić information content (AvgIpc) is 2.72. The largest absolute Gasteiger partial charge is 0.497 e. The molecule has 0 fully saturated rings. The van der Waals surface area contributed by atoms with Crippen LogP contribution in [0.15, 0.2) is 53.5 Å². The Bertz CT molecular complexity index is 1080. The van der Waals surface area contributed by atoms with Crippen molar-refractivity contribution in [2.45, 2.75) is 0 Å². The minimum absolute atomic E-state index is 0.0763. The van der Waals surface area contributed by atoms with Crippen molar-refractivity contribution in [2.75, 3.05) is 19.5 Å². The van der Waals surface area contributed by atoms with Gasteiger partial charge in [-0.25, -0.2) is 0 Å². The zero-order valence-corrected chi connectivity index (χ0v) is 16.4. The SMILES string of the molecule is COc1ccc(NC(=O)c2ccc(-n3ncc(Cl)c(Cl)c3=O)cc2)c(OC)c1. The fraction of sp³-hybridized carbons (Fsp3) is 0.105. The number of aromatic nitrogens is 2. The maximum absolute atomic E-state index is 12.5. The van der Waals surface area contributed by atoms with Crippen molar-refractivity contribution >= 4 is 34.8 Å². The molecule has 1 N–H and O–H groups in total. The first-order chi connectivity index (χ1) is 13.4. The summed E-state index contributed by atoms with van der Waals surface area (Å²) in [5.41, 5.74) is 0.783. The molecule has 0 aliphatic carbocycles. The summed E-state index contributed by atoms with van der Waals surface area (Å²) in [5, 5.41) is 6.68. The van der Waals surface area contributed by atoms with E-state index in [-0.39, 0.29) is 16.0 Å². The van der Waals surface area contributed by atoms with Crippen LogP contribution >= 0.6 is 23.2 Å². The van der Waals surface area contributed by atoms with Gasteiger partial charge in [0.25, 0.3) is 11.5 Å². The van der Waals surface area contributed by atoms with Crippen molar-refractivity contribution in [3.05, 3.63) is 74.6 Å². The Morgan fingerprint density at radius 1 is 1.07 bits per heavy atom. The predicted octanol–water partition coefficient (Wildman–Crippen LogP) is 3.81. The fourth-order valence-corrected chi connectivity index (χ4v) is 2.70. The number of anilines is 1. The Kier molecular flexibility index (Phi) is 5.87. The van der Waals surface area contributed by atoms with Gasteiger partial charge in [0, 0.05) is 11.6 Å². The monoisotopic (exact) mass is 419 g/mol. The summed E-state index contributed by atoms with van der Waals surface area (Å²) in [7, 11) is 3.05. The minimum atomic E-state index is -0.547. The number of benzene rings is 2. The number of halogens is 2. The Balaban J connectivity index is 1.83. The molecule has 1 heterocycles. The van der Waals surface area contributed by atoms with E-state index in [2.05, 4.69) is 10.4 Å². The van der Waals surface area contributed by atoms with Crippen LogP contribution in [0.3, 0.4) is 0 Å². The van der Waals surface area contributed by atoms with Crippen LogP contribution in [0.1, 0.15) is 10.4 Å². The normalized spacial score (nSPS) is 10.4. The molecule has 0 atom stereocenters. The topological polar surface area (TPSA) is 82.5 Å². The number of carbonyl (C=O) groups excluding carboxylic acids is 1. The number of hydrogen-bond donors (Lipinski definition) is 1. The van der Waals surface area contributed by atoms with E-state index in [0.29, 0.717) is 28.4 Å². The van der Waals surface area contributed by atoms with Gasteiger partial charge in [-0.3, -0.25) is 9.59 Å². The zero-order chi connectivity index (χ0) is 20.3. The van der Waals surface area contributed by atoms with Crippen molar-refractivity contribution in [2.24, 2.45) is 0 Å². The van der Waals surface area contributed by atoms with Crippen molar-refractivity contribution in [3.8, 4) is 17.2 Å². The third-order valence-corrected chi connectivity index (χ3v) is 4.66. The Morgan fingerprint density at radius 2 is 1.79 bits per heavy atom. The van der Waals surface area contributed by atoms with Crippen LogP contribution < -0.4 is 20.3 Å². The lowest BCUT2D eigenvalue weighted by Crippen LogP contribution is -2.21. The molecule has 0 radical (unpaired) electrons. The molecule has 3 rings (SSSR count). The zero-order valence-electron chi connectivity index (χ0n) is 14.9. The molecule has 3 aromatic rings. The summed E-state index contributed by atoms with van der Waals surface area (Å²) in [6.45, 7) is 0. The summed E-state index contributed by atoms with van der Waals surface area (Å²) in [6.07, 6.45) is 1.28. The maximum atomic E-state index is 12.5. The van der Waals surface area contributed by atoms with Crippen LogP contribution in [-0.2, 0) is 0 Å². The Labute approximate surface area is 170 Å². The molecule has 0 spiro atoms. The van der Waals surface area contributed by atoms with Gasteiger partial charge in [-0.2, -0.15) is 9.78 Å². The van der Waals surface area contributed by atoms with Crippen LogP contribution in [0.4, 0.5) is 5.69 Å². The summed E-state index contributed by atoms with van der Waals surface area (Å²) >= 11 is 11.6. The molecule has 9 heteroatoms. The third-order valence-electron chi connectivity index (χ3n) is 3.91. The third kappa shape index (κ3) is 3.95. The highest BCUT2D eigenvalue weighted by atomic mass is 35.5. The second-order valence-corrected chi connectivity index (χ2v) is 6.38. The van der Waals surface area contributed by atoms with Crippen LogP contribution in [0.25, 0.3) is 5.69 Å². The van der Waals surface area contributed by atoms with E-state index in [0.717, 1.165) is 4.68 Å². The molecule has 0 bridgehead atoms. The van der Waals surface area contributed by atoms with Gasteiger partial charge >= 0.3 is 0 Å². The summed E-state index contributed by atoms with van der Waals surface area (Å²) < 4.78 is 11.5. The number of rotatable bonds is 5. The molecular formula is C19H15Cl2N3O4. The van der Waals surface area contributed by atoms with Gasteiger partial charge in [-0.1, -0.05) is 23.2 Å². The lowest BCUT2D eigenvalue weighted by molar-refractivity contribution is 0.102. The first-order valence-corrected chi connectivity index (χ1v) is 8.77. The molecule has 7 nitrogen and oxygen atoms in total. The molecule has 0 aliphatic heterocycles. The van der Waals surface area contributed by atoms with Crippen LogP contribution in [0.5, 0.6) is 11.5 Å². The average molecular weight is 420 g/mol. The highest BCUT2D eigenvalue weighted by molar-refractivity contribution is 6.41. The van der Waals surface area contributed by atoms with Gasteiger partial charge in [0.2, 0.25) is 0 Å². The number of nitrogens with zero attached hydrogens (tertiary/aromatic N) is 2. The number of carbonyl (C=O) groups is 1. The number of methoxy groups -OCH3 is 2. The second kappa shape index (κ2) is 8.33. The van der Waals surface area contributed by atoms with Crippen molar-refractivity contribution in [1.82, 2.24) is 9.78 Å². The first-order valence-electron chi connectivity index (χ1n) is 8.01. The molecule has 28 heavy (non-hydrogen) atoms. The van der Waals surface area contributed by atoms with E-state index in [1.807, 2.05) is 0 Å². The van der Waals surface area contributed by atoms with E-state index in [1.165, 1.54) is 13.3 Å². The van der Waals surface area contributed by atoms with Crippen LogP contribution in [-0.4, -0.2) is 29.9 Å². The molecule has 0 saturated carbocycles. The minimum Gasteiger partial charge on any atom is -0.497 e. The van der Waals surface area contributed by atoms with E-state index < -0.39 is 5.56 Å². The number of ether oxygens (including phenoxy) is 2. The Hall–Kier alpha value is -3.03.